The van der Waals surface area contributed by atoms with E-state index in [-0.39, 0.29) is 12.0 Å². The van der Waals surface area contributed by atoms with E-state index in [0.717, 1.165) is 19.4 Å². The highest BCUT2D eigenvalue weighted by Crippen LogP contribution is 2.25. The first-order valence-electron chi connectivity index (χ1n) is 6.56. The molecule has 0 saturated carbocycles. The van der Waals surface area contributed by atoms with E-state index in [2.05, 4.69) is 50.4 Å². The smallest absolute Gasteiger partial charge is 0.0499 e. The van der Waals surface area contributed by atoms with E-state index >= 15 is 0 Å². The summed E-state index contributed by atoms with van der Waals surface area (Å²) in [7, 11) is 0. The molecule has 17 heavy (non-hydrogen) atoms. The van der Waals surface area contributed by atoms with Crippen LogP contribution in [0.3, 0.4) is 0 Å². The Hall–Kier alpha value is -0.860. The first-order chi connectivity index (χ1) is 8.17. The molecule has 96 valence electrons. The monoisotopic (exact) mass is 235 g/mol. The summed E-state index contributed by atoms with van der Waals surface area (Å²) in [5.41, 5.74) is 1.33. The molecule has 1 unspecified atom stereocenters. The van der Waals surface area contributed by atoms with Gasteiger partial charge in [-0.3, -0.25) is 0 Å². The van der Waals surface area contributed by atoms with E-state index in [9.17, 15) is 5.11 Å². The normalized spacial score (nSPS) is 13.6. The first kappa shape index (κ1) is 14.2. The predicted molar refractivity (Wildman–Crippen MR) is 73.0 cm³/mol. The zero-order chi connectivity index (χ0) is 12.7. The second kappa shape index (κ2) is 6.77. The molecule has 0 radical (unpaired) electrons. The van der Waals surface area contributed by atoms with Crippen molar-refractivity contribution < 1.29 is 5.11 Å². The van der Waals surface area contributed by atoms with Crippen molar-refractivity contribution in [2.75, 3.05) is 13.2 Å². The van der Waals surface area contributed by atoms with Crippen LogP contribution < -0.4 is 5.32 Å². The van der Waals surface area contributed by atoms with Crippen LogP contribution >= 0.6 is 0 Å². The standard InChI is InChI=1S/C15H25NO/c1-4-15(5-2,12-17)11-16-13(3)14-9-7-6-8-10-14/h6-10,13,16-17H,4-5,11-12H2,1-3H3. The highest BCUT2D eigenvalue weighted by molar-refractivity contribution is 5.18. The van der Waals surface area contributed by atoms with Gasteiger partial charge in [0, 0.05) is 24.6 Å². The molecule has 2 nitrogen and oxygen atoms in total. The van der Waals surface area contributed by atoms with Crippen molar-refractivity contribution in [3.63, 3.8) is 0 Å². The molecular formula is C15H25NO. The van der Waals surface area contributed by atoms with Crippen molar-refractivity contribution in [2.24, 2.45) is 5.41 Å². The van der Waals surface area contributed by atoms with E-state index < -0.39 is 0 Å². The Morgan fingerprint density at radius 2 is 1.76 bits per heavy atom. The topological polar surface area (TPSA) is 32.3 Å². The summed E-state index contributed by atoms with van der Waals surface area (Å²) in [6.45, 7) is 7.59. The number of aliphatic hydroxyl groups is 1. The molecule has 0 aliphatic carbocycles. The lowest BCUT2D eigenvalue weighted by atomic mass is 9.83. The molecule has 0 aliphatic heterocycles. The molecule has 1 aromatic carbocycles. The third kappa shape index (κ3) is 3.83. The zero-order valence-electron chi connectivity index (χ0n) is 11.2. The molecule has 0 bridgehead atoms. The minimum absolute atomic E-state index is 0.0308. The van der Waals surface area contributed by atoms with Crippen LogP contribution in [0.15, 0.2) is 30.3 Å². The Kier molecular flexibility index (Phi) is 5.66. The van der Waals surface area contributed by atoms with Crippen LogP contribution in [0.2, 0.25) is 0 Å². The number of rotatable bonds is 7. The number of hydrogen-bond donors (Lipinski definition) is 2. The van der Waals surface area contributed by atoms with Gasteiger partial charge in [-0.15, -0.1) is 0 Å². The van der Waals surface area contributed by atoms with Gasteiger partial charge in [-0.1, -0.05) is 44.2 Å². The molecule has 0 fully saturated rings. The fourth-order valence-corrected chi connectivity index (χ4v) is 2.01. The van der Waals surface area contributed by atoms with Crippen LogP contribution in [0, 0.1) is 5.41 Å². The van der Waals surface area contributed by atoms with Crippen molar-refractivity contribution in [1.29, 1.82) is 0 Å². The van der Waals surface area contributed by atoms with Gasteiger partial charge in [0.05, 0.1) is 0 Å². The Morgan fingerprint density at radius 1 is 1.18 bits per heavy atom. The molecule has 2 heteroatoms. The van der Waals surface area contributed by atoms with Gasteiger partial charge in [0.1, 0.15) is 0 Å². The third-order valence-electron chi connectivity index (χ3n) is 3.92. The predicted octanol–water partition coefficient (Wildman–Crippen LogP) is 3.14. The van der Waals surface area contributed by atoms with E-state index in [1.165, 1.54) is 5.56 Å². The van der Waals surface area contributed by atoms with Gasteiger partial charge in [-0.2, -0.15) is 0 Å². The van der Waals surface area contributed by atoms with Gasteiger partial charge in [-0.05, 0) is 25.3 Å². The second-order valence-electron chi connectivity index (χ2n) is 4.88. The summed E-state index contributed by atoms with van der Waals surface area (Å²) in [6.07, 6.45) is 2.02. The summed E-state index contributed by atoms with van der Waals surface area (Å²) in [6, 6.07) is 10.8. The highest BCUT2D eigenvalue weighted by atomic mass is 16.3. The van der Waals surface area contributed by atoms with Crippen LogP contribution in [0.5, 0.6) is 0 Å². The van der Waals surface area contributed by atoms with Crippen molar-refractivity contribution in [1.82, 2.24) is 5.32 Å². The zero-order valence-corrected chi connectivity index (χ0v) is 11.2. The summed E-state index contributed by atoms with van der Waals surface area (Å²) in [4.78, 5) is 0. The Balaban J connectivity index is 2.55. The number of aliphatic hydroxyl groups excluding tert-OH is 1. The number of nitrogens with one attached hydrogen (secondary N) is 1. The van der Waals surface area contributed by atoms with Crippen LogP contribution in [-0.4, -0.2) is 18.3 Å². The molecule has 2 N–H and O–H groups in total. The lowest BCUT2D eigenvalue weighted by Gasteiger charge is -2.31. The van der Waals surface area contributed by atoms with Crippen LogP contribution in [0.25, 0.3) is 0 Å². The molecule has 1 aromatic rings. The Morgan fingerprint density at radius 3 is 2.24 bits per heavy atom. The van der Waals surface area contributed by atoms with E-state index in [4.69, 9.17) is 0 Å². The Bertz CT molecular complexity index is 298. The van der Waals surface area contributed by atoms with Crippen LogP contribution in [0.4, 0.5) is 0 Å². The van der Waals surface area contributed by atoms with Crippen LogP contribution in [0.1, 0.15) is 45.2 Å². The van der Waals surface area contributed by atoms with Crippen molar-refractivity contribution in [3.8, 4) is 0 Å². The average Bonchev–Trinajstić information content (AvgIpc) is 2.41. The molecule has 0 spiro atoms. The highest BCUT2D eigenvalue weighted by Gasteiger charge is 2.25. The van der Waals surface area contributed by atoms with Crippen molar-refractivity contribution in [3.05, 3.63) is 35.9 Å². The lowest BCUT2D eigenvalue weighted by Crippen LogP contribution is -2.37. The van der Waals surface area contributed by atoms with Crippen molar-refractivity contribution >= 4 is 0 Å². The molecule has 0 saturated heterocycles. The minimum Gasteiger partial charge on any atom is -0.396 e. The van der Waals surface area contributed by atoms with Gasteiger partial charge in [0.2, 0.25) is 0 Å². The van der Waals surface area contributed by atoms with Gasteiger partial charge in [-0.25, -0.2) is 0 Å². The van der Waals surface area contributed by atoms with Gasteiger partial charge in [0.25, 0.3) is 0 Å². The maximum atomic E-state index is 9.52. The minimum atomic E-state index is 0.0308. The fourth-order valence-electron chi connectivity index (χ4n) is 2.01. The number of hydrogen-bond acceptors (Lipinski definition) is 2. The molecule has 0 amide bonds. The largest absolute Gasteiger partial charge is 0.396 e. The summed E-state index contributed by atoms with van der Waals surface area (Å²) < 4.78 is 0. The van der Waals surface area contributed by atoms with E-state index in [0.29, 0.717) is 6.04 Å². The van der Waals surface area contributed by atoms with Crippen molar-refractivity contribution in [2.45, 2.75) is 39.7 Å². The molecule has 0 aromatic heterocycles. The third-order valence-corrected chi connectivity index (χ3v) is 3.92. The van der Waals surface area contributed by atoms with Gasteiger partial charge >= 0.3 is 0 Å². The lowest BCUT2D eigenvalue weighted by molar-refractivity contribution is 0.110. The molecule has 0 aliphatic rings. The SMILES string of the molecule is CCC(CC)(CO)CNC(C)c1ccccc1. The molecule has 0 heterocycles. The van der Waals surface area contributed by atoms with E-state index in [1.54, 1.807) is 0 Å². The Labute approximate surface area is 105 Å². The first-order valence-corrected chi connectivity index (χ1v) is 6.56. The quantitative estimate of drug-likeness (QED) is 0.761. The molecule has 1 rings (SSSR count). The van der Waals surface area contributed by atoms with Gasteiger partial charge in [0.15, 0.2) is 0 Å². The maximum absolute atomic E-state index is 9.52. The number of benzene rings is 1. The summed E-state index contributed by atoms with van der Waals surface area (Å²) >= 11 is 0. The maximum Gasteiger partial charge on any atom is 0.0499 e. The molecular weight excluding hydrogens is 210 g/mol. The summed E-state index contributed by atoms with van der Waals surface area (Å²) in [5.74, 6) is 0. The van der Waals surface area contributed by atoms with Crippen LogP contribution in [-0.2, 0) is 0 Å². The summed E-state index contributed by atoms with van der Waals surface area (Å²) in [5, 5.41) is 13.1. The average molecular weight is 235 g/mol. The van der Waals surface area contributed by atoms with Gasteiger partial charge < -0.3 is 10.4 Å². The fraction of sp³-hybridized carbons (Fsp3) is 0.600. The molecule has 1 atom stereocenters. The second-order valence-corrected chi connectivity index (χ2v) is 4.88. The van der Waals surface area contributed by atoms with E-state index in [1.807, 2.05) is 6.07 Å².